The molecule has 4 heteroatoms. The topological polar surface area (TPSA) is 74.5 Å². The Labute approximate surface area is 247 Å². The molecule has 2 aliphatic carbocycles. The van der Waals surface area contributed by atoms with Crippen LogP contribution in [0.25, 0.3) is 28.3 Å². The zero-order chi connectivity index (χ0) is 28.7. The fourth-order valence-corrected chi connectivity index (χ4v) is 5.61. The van der Waals surface area contributed by atoms with E-state index in [2.05, 4.69) is 78.9 Å². The highest BCUT2D eigenvalue weighted by molar-refractivity contribution is 6.12. The molecule has 0 heterocycles. The van der Waals surface area contributed by atoms with Crippen LogP contribution in [0.4, 0.5) is 0 Å². The van der Waals surface area contributed by atoms with E-state index >= 15 is 0 Å². The molecule has 0 saturated heterocycles. The lowest BCUT2D eigenvalue weighted by molar-refractivity contribution is 0.988. The number of hydrogen-bond acceptors (Lipinski definition) is 2. The SMILES string of the molecule is N#Cc1ccccc1-c1ccc2c(c1-c1ccc(C(/N=C(\N)C3=CCCC=C3)=N/Cc3ccccc3)cc1)CCC=C2. The minimum absolute atomic E-state index is 0.473. The second kappa shape index (κ2) is 12.5. The van der Waals surface area contributed by atoms with Gasteiger partial charge in [0.15, 0.2) is 5.84 Å². The highest BCUT2D eigenvalue weighted by atomic mass is 15.0. The van der Waals surface area contributed by atoms with Gasteiger partial charge in [-0.1, -0.05) is 115 Å². The number of benzene rings is 4. The molecule has 0 atom stereocenters. The normalized spacial score (nSPS) is 14.7. The van der Waals surface area contributed by atoms with Crippen molar-refractivity contribution in [2.45, 2.75) is 32.2 Å². The van der Waals surface area contributed by atoms with Gasteiger partial charge in [-0.25, -0.2) is 4.99 Å². The molecular weight excluding hydrogens is 512 g/mol. The number of rotatable bonds is 6. The predicted octanol–water partition coefficient (Wildman–Crippen LogP) is 8.43. The molecule has 4 nitrogen and oxygen atoms in total. The molecule has 0 unspecified atom stereocenters. The van der Waals surface area contributed by atoms with Gasteiger partial charge in [-0.3, -0.25) is 4.99 Å². The Balaban J connectivity index is 1.43. The summed E-state index contributed by atoms with van der Waals surface area (Å²) in [5.74, 6) is 1.08. The second-order valence-electron chi connectivity index (χ2n) is 10.5. The number of allylic oxidation sites excluding steroid dienone is 3. The van der Waals surface area contributed by atoms with Crippen molar-refractivity contribution in [2.24, 2.45) is 15.7 Å². The smallest absolute Gasteiger partial charge is 0.157 e. The summed E-state index contributed by atoms with van der Waals surface area (Å²) in [6.07, 6.45) is 14.7. The molecule has 0 saturated carbocycles. The third-order valence-corrected chi connectivity index (χ3v) is 7.75. The summed E-state index contributed by atoms with van der Waals surface area (Å²) in [6.45, 7) is 0.511. The van der Waals surface area contributed by atoms with E-state index in [4.69, 9.17) is 15.7 Å². The molecule has 2 aliphatic rings. The monoisotopic (exact) mass is 544 g/mol. The summed E-state index contributed by atoms with van der Waals surface area (Å²) in [4.78, 5) is 9.74. The molecule has 0 bridgehead atoms. The third kappa shape index (κ3) is 5.77. The van der Waals surface area contributed by atoms with Crippen LogP contribution in [-0.2, 0) is 13.0 Å². The van der Waals surface area contributed by atoms with E-state index in [-0.39, 0.29) is 0 Å². The first kappa shape index (κ1) is 26.9. The summed E-state index contributed by atoms with van der Waals surface area (Å²) in [5, 5.41) is 9.87. The van der Waals surface area contributed by atoms with E-state index in [1.807, 2.05) is 48.5 Å². The van der Waals surface area contributed by atoms with Crippen molar-refractivity contribution in [3.05, 3.63) is 149 Å². The van der Waals surface area contributed by atoms with Gasteiger partial charge >= 0.3 is 0 Å². The number of nitrogens with two attached hydrogens (primary N) is 1. The standard InChI is InChI=1S/C38H32N4/c39-25-32-16-8-9-17-33(32)35-24-23-28-13-7-10-18-34(28)36(35)29-19-21-31(22-20-29)38(41-26-27-11-3-1-4-12-27)42-37(40)30-14-5-2-6-15-30/h1,3-5,7-9,11-17,19-24H,2,6,10,18,26H2,(H2,40,41,42). The van der Waals surface area contributed by atoms with E-state index in [1.54, 1.807) is 0 Å². The lowest BCUT2D eigenvalue weighted by Gasteiger charge is -2.21. The largest absolute Gasteiger partial charge is 0.383 e. The quantitative estimate of drug-likeness (QED) is 0.195. The molecule has 0 aliphatic heterocycles. The lowest BCUT2D eigenvalue weighted by atomic mass is 9.83. The summed E-state index contributed by atoms with van der Waals surface area (Å²) < 4.78 is 0. The molecule has 6 rings (SSSR count). The Morgan fingerprint density at radius 1 is 0.786 bits per heavy atom. The highest BCUT2D eigenvalue weighted by Gasteiger charge is 2.19. The summed E-state index contributed by atoms with van der Waals surface area (Å²) in [7, 11) is 0. The number of nitrogens with zero attached hydrogens (tertiary/aromatic N) is 3. The van der Waals surface area contributed by atoms with E-state index < -0.39 is 0 Å². The van der Waals surface area contributed by atoms with Crippen LogP contribution in [0, 0.1) is 11.3 Å². The molecule has 0 spiro atoms. The lowest BCUT2D eigenvalue weighted by Crippen LogP contribution is -2.17. The van der Waals surface area contributed by atoms with Crippen LogP contribution in [0.15, 0.2) is 131 Å². The number of amidine groups is 2. The third-order valence-electron chi connectivity index (χ3n) is 7.75. The van der Waals surface area contributed by atoms with E-state index in [1.165, 1.54) is 16.7 Å². The molecule has 4 aromatic carbocycles. The fraction of sp³-hybridized carbons (Fsp3) is 0.132. The molecular formula is C38H32N4. The zero-order valence-corrected chi connectivity index (χ0v) is 23.5. The van der Waals surface area contributed by atoms with Gasteiger partial charge in [-0.15, -0.1) is 0 Å². The van der Waals surface area contributed by atoms with Crippen LogP contribution < -0.4 is 5.73 Å². The molecule has 4 aromatic rings. The summed E-state index contributed by atoms with van der Waals surface area (Å²) in [6, 6.07) is 33.2. The van der Waals surface area contributed by atoms with Gasteiger partial charge in [0.25, 0.3) is 0 Å². The van der Waals surface area contributed by atoms with Gasteiger partial charge in [0.05, 0.1) is 18.2 Å². The summed E-state index contributed by atoms with van der Waals surface area (Å²) >= 11 is 0. The predicted molar refractivity (Wildman–Crippen MR) is 174 cm³/mol. The van der Waals surface area contributed by atoms with Crippen molar-refractivity contribution in [3.63, 3.8) is 0 Å². The fourth-order valence-electron chi connectivity index (χ4n) is 5.61. The second-order valence-corrected chi connectivity index (χ2v) is 10.5. The van der Waals surface area contributed by atoms with E-state index in [0.29, 0.717) is 23.8 Å². The van der Waals surface area contributed by atoms with Crippen LogP contribution in [0.1, 0.15) is 47.1 Å². The first-order valence-corrected chi connectivity index (χ1v) is 14.4. The van der Waals surface area contributed by atoms with Crippen molar-refractivity contribution in [1.82, 2.24) is 0 Å². The Morgan fingerprint density at radius 3 is 2.36 bits per heavy atom. The van der Waals surface area contributed by atoms with Crippen molar-refractivity contribution >= 4 is 17.7 Å². The van der Waals surface area contributed by atoms with E-state index in [0.717, 1.165) is 59.1 Å². The Bertz CT molecular complexity index is 1800. The van der Waals surface area contributed by atoms with Gasteiger partial charge in [-0.2, -0.15) is 5.26 Å². The highest BCUT2D eigenvalue weighted by Crippen LogP contribution is 2.40. The van der Waals surface area contributed by atoms with Gasteiger partial charge in [-0.05, 0) is 65.1 Å². The number of fused-ring (bicyclic) bond motifs is 1. The molecule has 0 amide bonds. The van der Waals surface area contributed by atoms with Crippen LogP contribution in [0.2, 0.25) is 0 Å². The van der Waals surface area contributed by atoms with Crippen molar-refractivity contribution in [3.8, 4) is 28.3 Å². The molecule has 42 heavy (non-hydrogen) atoms. The van der Waals surface area contributed by atoms with Gasteiger partial charge in [0.2, 0.25) is 0 Å². The minimum atomic E-state index is 0.473. The summed E-state index contributed by atoms with van der Waals surface area (Å²) in [5.41, 5.74) is 17.0. The van der Waals surface area contributed by atoms with Gasteiger partial charge in [0, 0.05) is 16.7 Å². The minimum Gasteiger partial charge on any atom is -0.383 e. The van der Waals surface area contributed by atoms with Crippen LogP contribution in [0.3, 0.4) is 0 Å². The van der Waals surface area contributed by atoms with Crippen molar-refractivity contribution in [2.75, 3.05) is 0 Å². The number of aliphatic imine (C=N–C) groups is 2. The van der Waals surface area contributed by atoms with Gasteiger partial charge < -0.3 is 5.73 Å². The maximum atomic E-state index is 9.87. The first-order valence-electron chi connectivity index (χ1n) is 14.4. The maximum absolute atomic E-state index is 9.87. The van der Waals surface area contributed by atoms with E-state index in [9.17, 15) is 5.26 Å². The molecule has 204 valence electrons. The number of hydrogen-bond donors (Lipinski definition) is 1. The zero-order valence-electron chi connectivity index (χ0n) is 23.5. The Morgan fingerprint density at radius 2 is 1.57 bits per heavy atom. The van der Waals surface area contributed by atoms with Crippen molar-refractivity contribution in [1.29, 1.82) is 5.26 Å². The van der Waals surface area contributed by atoms with Crippen LogP contribution in [-0.4, -0.2) is 11.7 Å². The number of nitriles is 1. The van der Waals surface area contributed by atoms with Gasteiger partial charge in [0.1, 0.15) is 5.84 Å². The Kier molecular flexibility index (Phi) is 8.01. The first-order chi connectivity index (χ1) is 20.7. The Hall–Kier alpha value is -5.27. The molecule has 2 N–H and O–H groups in total. The molecule has 0 aromatic heterocycles. The average Bonchev–Trinajstić information content (AvgIpc) is 3.07. The molecule has 0 radical (unpaired) electrons. The van der Waals surface area contributed by atoms with Crippen LogP contribution >= 0.6 is 0 Å². The maximum Gasteiger partial charge on any atom is 0.157 e. The average molecular weight is 545 g/mol. The van der Waals surface area contributed by atoms with Crippen molar-refractivity contribution < 1.29 is 0 Å². The molecule has 0 fully saturated rings. The van der Waals surface area contributed by atoms with Crippen LogP contribution in [0.5, 0.6) is 0 Å².